The van der Waals surface area contributed by atoms with Crippen molar-refractivity contribution in [1.82, 2.24) is 0 Å². The van der Waals surface area contributed by atoms with Gasteiger partial charge in [-0.2, -0.15) is 0 Å². The van der Waals surface area contributed by atoms with Crippen LogP contribution >= 0.6 is 0 Å². The molecule has 0 saturated carbocycles. The smallest absolute Gasteiger partial charge is 0.227 e. The van der Waals surface area contributed by atoms with Crippen LogP contribution in [0.3, 0.4) is 0 Å². The summed E-state index contributed by atoms with van der Waals surface area (Å²) in [6.45, 7) is 4.11. The number of rotatable bonds is 1. The molecule has 1 aliphatic heterocycles. The molecule has 0 aliphatic carbocycles. The van der Waals surface area contributed by atoms with Crippen LogP contribution in [-0.2, 0) is 11.2 Å². The van der Waals surface area contributed by atoms with E-state index in [0.717, 1.165) is 12.1 Å². The Morgan fingerprint density at radius 2 is 1.93 bits per heavy atom. The molecule has 0 spiro atoms. The third-order valence-corrected chi connectivity index (χ3v) is 2.64. The number of hydrogen-bond donors (Lipinski definition) is 0. The summed E-state index contributed by atoms with van der Waals surface area (Å²) in [5.74, 6) is 0.249. The number of fused-ring (bicyclic) bond motifs is 1. The van der Waals surface area contributed by atoms with Gasteiger partial charge in [-0.3, -0.25) is 4.79 Å². The van der Waals surface area contributed by atoms with E-state index in [2.05, 4.69) is 19.9 Å². The summed E-state index contributed by atoms with van der Waals surface area (Å²) in [6.07, 6.45) is 1.54. The van der Waals surface area contributed by atoms with E-state index in [1.807, 2.05) is 23.1 Å². The summed E-state index contributed by atoms with van der Waals surface area (Å²) < 4.78 is 0. The van der Waals surface area contributed by atoms with E-state index < -0.39 is 0 Å². The van der Waals surface area contributed by atoms with Crippen molar-refractivity contribution < 1.29 is 4.79 Å². The Bertz CT molecular complexity index is 357. The van der Waals surface area contributed by atoms with Crippen molar-refractivity contribution >= 4 is 11.6 Å². The van der Waals surface area contributed by atoms with Gasteiger partial charge in [0.05, 0.1) is 0 Å². The van der Waals surface area contributed by atoms with Crippen LogP contribution < -0.4 is 4.90 Å². The topological polar surface area (TPSA) is 20.3 Å². The van der Waals surface area contributed by atoms with Crippen molar-refractivity contribution in [1.29, 1.82) is 0 Å². The number of benzene rings is 1. The molecular weight excluding hydrogens is 174 g/mol. The van der Waals surface area contributed by atoms with Crippen LogP contribution in [0.1, 0.15) is 25.8 Å². The van der Waals surface area contributed by atoms with Gasteiger partial charge < -0.3 is 4.90 Å². The first kappa shape index (κ1) is 9.25. The van der Waals surface area contributed by atoms with Crippen LogP contribution in [0.4, 0.5) is 5.69 Å². The number of hydrogen-bond acceptors (Lipinski definition) is 1. The van der Waals surface area contributed by atoms with Crippen molar-refractivity contribution in [3.63, 3.8) is 0 Å². The Labute approximate surface area is 84.5 Å². The molecule has 0 aromatic heterocycles. The molecule has 0 N–H and O–H groups in total. The lowest BCUT2D eigenvalue weighted by Gasteiger charge is -2.32. The quantitative estimate of drug-likeness (QED) is 0.664. The molecule has 14 heavy (non-hydrogen) atoms. The summed E-state index contributed by atoms with van der Waals surface area (Å²) >= 11 is 0. The highest BCUT2D eigenvalue weighted by Gasteiger charge is 2.25. The number of carbonyl (C=O) groups is 1. The molecule has 2 nitrogen and oxygen atoms in total. The predicted molar refractivity (Wildman–Crippen MR) is 57.4 cm³/mol. The molecule has 74 valence electrons. The van der Waals surface area contributed by atoms with Crippen molar-refractivity contribution in [3.8, 4) is 0 Å². The molecule has 0 atom stereocenters. The maximum absolute atomic E-state index is 11.7. The zero-order valence-electron chi connectivity index (χ0n) is 8.66. The van der Waals surface area contributed by atoms with E-state index >= 15 is 0 Å². The predicted octanol–water partition coefficient (Wildman–Crippen LogP) is 2.37. The van der Waals surface area contributed by atoms with Gasteiger partial charge in [0.2, 0.25) is 5.91 Å². The van der Waals surface area contributed by atoms with Gasteiger partial charge in [0.15, 0.2) is 0 Å². The first-order valence-corrected chi connectivity index (χ1v) is 5.10. The molecule has 1 aromatic carbocycles. The summed E-state index contributed by atoms with van der Waals surface area (Å²) in [5.41, 5.74) is 2.39. The van der Waals surface area contributed by atoms with Crippen LogP contribution in [-0.4, -0.2) is 11.9 Å². The second-order valence-corrected chi connectivity index (χ2v) is 3.99. The molecule has 0 bridgehead atoms. The summed E-state index contributed by atoms with van der Waals surface area (Å²) in [5, 5.41) is 0. The summed E-state index contributed by atoms with van der Waals surface area (Å²) in [6, 6.07) is 8.42. The Balaban J connectivity index is 2.46. The molecule has 1 aromatic rings. The molecule has 2 heteroatoms. The van der Waals surface area contributed by atoms with Gasteiger partial charge in [-0.1, -0.05) is 18.2 Å². The van der Waals surface area contributed by atoms with Gasteiger partial charge in [0.25, 0.3) is 0 Å². The minimum Gasteiger partial charge on any atom is -0.310 e. The lowest BCUT2D eigenvalue weighted by atomic mass is 10.00. The average Bonchev–Trinajstić information content (AvgIpc) is 2.17. The highest BCUT2D eigenvalue weighted by atomic mass is 16.2. The van der Waals surface area contributed by atoms with Crippen LogP contribution in [0.25, 0.3) is 0 Å². The van der Waals surface area contributed by atoms with E-state index in [1.54, 1.807) is 0 Å². The third-order valence-electron chi connectivity index (χ3n) is 2.64. The molecule has 0 saturated heterocycles. The molecule has 0 radical (unpaired) electrons. The first-order valence-electron chi connectivity index (χ1n) is 5.10. The molecule has 0 unspecified atom stereocenters. The van der Waals surface area contributed by atoms with Crippen molar-refractivity contribution in [2.24, 2.45) is 0 Å². The SMILES string of the molecule is CC(C)N1C(=O)CCc2ccccc21. The summed E-state index contributed by atoms with van der Waals surface area (Å²) in [7, 11) is 0. The van der Waals surface area contributed by atoms with Crippen LogP contribution in [0, 0.1) is 0 Å². The van der Waals surface area contributed by atoms with Gasteiger partial charge in [-0.05, 0) is 31.9 Å². The lowest BCUT2D eigenvalue weighted by molar-refractivity contribution is -0.119. The first-order chi connectivity index (χ1) is 6.70. The number of anilines is 1. The van der Waals surface area contributed by atoms with Gasteiger partial charge in [0.1, 0.15) is 0 Å². The Hall–Kier alpha value is -1.31. The molecule has 1 amide bonds. The minimum absolute atomic E-state index is 0.249. The van der Waals surface area contributed by atoms with E-state index in [0.29, 0.717) is 6.42 Å². The van der Waals surface area contributed by atoms with E-state index in [4.69, 9.17) is 0 Å². The number of carbonyl (C=O) groups excluding carboxylic acids is 1. The monoisotopic (exact) mass is 189 g/mol. The largest absolute Gasteiger partial charge is 0.310 e. The van der Waals surface area contributed by atoms with Crippen LogP contribution in [0.5, 0.6) is 0 Å². The maximum atomic E-state index is 11.7. The Morgan fingerprint density at radius 3 is 2.64 bits per heavy atom. The second-order valence-electron chi connectivity index (χ2n) is 3.99. The highest BCUT2D eigenvalue weighted by molar-refractivity contribution is 5.96. The molecule has 1 aliphatic rings. The van der Waals surface area contributed by atoms with Gasteiger partial charge in [-0.15, -0.1) is 0 Å². The number of nitrogens with zero attached hydrogens (tertiary/aromatic N) is 1. The molecular formula is C12H15NO. The fraction of sp³-hybridized carbons (Fsp3) is 0.417. The molecule has 1 heterocycles. The lowest BCUT2D eigenvalue weighted by Crippen LogP contribution is -2.40. The minimum atomic E-state index is 0.249. The van der Waals surface area contributed by atoms with Crippen molar-refractivity contribution in [3.05, 3.63) is 29.8 Å². The van der Waals surface area contributed by atoms with E-state index in [9.17, 15) is 4.79 Å². The fourth-order valence-electron chi connectivity index (χ4n) is 2.02. The van der Waals surface area contributed by atoms with Crippen molar-refractivity contribution in [2.45, 2.75) is 32.7 Å². The highest BCUT2D eigenvalue weighted by Crippen LogP contribution is 2.28. The third kappa shape index (κ3) is 1.41. The normalized spacial score (nSPS) is 15.9. The van der Waals surface area contributed by atoms with Gasteiger partial charge >= 0.3 is 0 Å². The van der Waals surface area contributed by atoms with Crippen LogP contribution in [0.2, 0.25) is 0 Å². The maximum Gasteiger partial charge on any atom is 0.227 e. The number of aryl methyl sites for hydroxylation is 1. The van der Waals surface area contributed by atoms with Crippen molar-refractivity contribution in [2.75, 3.05) is 4.90 Å². The zero-order valence-corrected chi connectivity index (χ0v) is 8.66. The standard InChI is InChI=1S/C12H15NO/c1-9(2)13-11-6-4-3-5-10(11)7-8-12(13)14/h3-6,9H,7-8H2,1-2H3. The zero-order chi connectivity index (χ0) is 10.1. The van der Waals surface area contributed by atoms with E-state index in [1.165, 1.54) is 5.56 Å². The number of amides is 1. The van der Waals surface area contributed by atoms with Gasteiger partial charge in [-0.25, -0.2) is 0 Å². The second kappa shape index (κ2) is 3.45. The summed E-state index contributed by atoms with van der Waals surface area (Å²) in [4.78, 5) is 13.6. The Morgan fingerprint density at radius 1 is 1.21 bits per heavy atom. The van der Waals surface area contributed by atoms with E-state index in [-0.39, 0.29) is 11.9 Å². The number of para-hydroxylation sites is 1. The molecule has 0 fully saturated rings. The molecule has 2 rings (SSSR count). The fourth-order valence-corrected chi connectivity index (χ4v) is 2.02. The van der Waals surface area contributed by atoms with Gasteiger partial charge in [0, 0.05) is 18.2 Å². The average molecular weight is 189 g/mol. The Kier molecular flexibility index (Phi) is 2.28. The van der Waals surface area contributed by atoms with Crippen LogP contribution in [0.15, 0.2) is 24.3 Å².